The summed E-state index contributed by atoms with van der Waals surface area (Å²) in [4.78, 5) is 0. The Morgan fingerprint density at radius 3 is 2.53 bits per heavy atom. The third kappa shape index (κ3) is 3.93. The Hall–Kier alpha value is 0.390. The maximum Gasteiger partial charge on any atom is 0.0469 e. The molecule has 1 atom stereocenters. The lowest BCUT2D eigenvalue weighted by Crippen LogP contribution is -2.27. The number of rotatable bonds is 2. The van der Waals surface area contributed by atoms with Crippen LogP contribution in [0.2, 0.25) is 0 Å². The van der Waals surface area contributed by atoms with Crippen molar-refractivity contribution >= 4 is 44.3 Å². The standard InChI is InChI=1S/C12H15Br2NO.ClH/c13-9-1-2-11(14)10(7-9)12(15)8-3-5-16-6-4-8;/h1-2,7-8,12H,3-6,15H2;1H/t12-;/m1./s1. The van der Waals surface area contributed by atoms with Gasteiger partial charge in [-0.2, -0.15) is 0 Å². The van der Waals surface area contributed by atoms with Gasteiger partial charge in [-0.05, 0) is 42.5 Å². The number of halogens is 3. The average molecular weight is 386 g/mol. The average Bonchev–Trinajstić information content (AvgIpc) is 2.32. The first-order chi connectivity index (χ1) is 7.68. The lowest BCUT2D eigenvalue weighted by Gasteiger charge is -2.28. The highest BCUT2D eigenvalue weighted by Crippen LogP contribution is 2.33. The van der Waals surface area contributed by atoms with E-state index in [1.165, 1.54) is 5.56 Å². The van der Waals surface area contributed by atoms with Crippen molar-refractivity contribution in [2.45, 2.75) is 18.9 Å². The quantitative estimate of drug-likeness (QED) is 0.833. The van der Waals surface area contributed by atoms with Gasteiger partial charge in [-0.15, -0.1) is 12.4 Å². The third-order valence-electron chi connectivity index (χ3n) is 3.09. The van der Waals surface area contributed by atoms with Gasteiger partial charge in [0.1, 0.15) is 0 Å². The summed E-state index contributed by atoms with van der Waals surface area (Å²) in [5.41, 5.74) is 7.51. The number of benzene rings is 1. The molecule has 0 unspecified atom stereocenters. The molecule has 1 aromatic carbocycles. The number of ether oxygens (including phenoxy) is 1. The van der Waals surface area contributed by atoms with Crippen molar-refractivity contribution in [3.63, 3.8) is 0 Å². The lowest BCUT2D eigenvalue weighted by molar-refractivity contribution is 0.0583. The molecule has 17 heavy (non-hydrogen) atoms. The lowest BCUT2D eigenvalue weighted by atomic mass is 9.88. The monoisotopic (exact) mass is 383 g/mol. The van der Waals surface area contributed by atoms with E-state index in [0.717, 1.165) is 35.0 Å². The highest BCUT2D eigenvalue weighted by Gasteiger charge is 2.23. The van der Waals surface area contributed by atoms with Crippen LogP contribution in [0.15, 0.2) is 27.1 Å². The first-order valence-corrected chi connectivity index (χ1v) is 7.05. The van der Waals surface area contributed by atoms with Gasteiger partial charge in [-0.1, -0.05) is 31.9 Å². The van der Waals surface area contributed by atoms with Crippen molar-refractivity contribution in [3.8, 4) is 0 Å². The smallest absolute Gasteiger partial charge is 0.0469 e. The largest absolute Gasteiger partial charge is 0.381 e. The highest BCUT2D eigenvalue weighted by atomic mass is 79.9. The molecular weight excluding hydrogens is 369 g/mol. The van der Waals surface area contributed by atoms with Crippen molar-refractivity contribution < 1.29 is 4.74 Å². The second-order valence-corrected chi connectivity index (χ2v) is 5.91. The molecular formula is C12H16Br2ClNO. The number of hydrogen-bond acceptors (Lipinski definition) is 2. The summed E-state index contributed by atoms with van der Waals surface area (Å²) in [7, 11) is 0. The van der Waals surface area contributed by atoms with E-state index in [4.69, 9.17) is 10.5 Å². The van der Waals surface area contributed by atoms with Crippen LogP contribution in [0, 0.1) is 5.92 Å². The molecule has 1 heterocycles. The van der Waals surface area contributed by atoms with Crippen molar-refractivity contribution in [3.05, 3.63) is 32.7 Å². The van der Waals surface area contributed by atoms with Crippen LogP contribution in [-0.2, 0) is 4.74 Å². The van der Waals surface area contributed by atoms with Crippen LogP contribution < -0.4 is 5.73 Å². The van der Waals surface area contributed by atoms with E-state index in [0.29, 0.717) is 5.92 Å². The van der Waals surface area contributed by atoms with Crippen LogP contribution in [0.3, 0.4) is 0 Å². The van der Waals surface area contributed by atoms with Gasteiger partial charge in [0, 0.05) is 28.2 Å². The topological polar surface area (TPSA) is 35.2 Å². The molecule has 0 amide bonds. The summed E-state index contributed by atoms with van der Waals surface area (Å²) < 4.78 is 7.53. The molecule has 1 aromatic rings. The zero-order valence-corrected chi connectivity index (χ0v) is 13.4. The molecule has 0 radical (unpaired) electrons. The first-order valence-electron chi connectivity index (χ1n) is 5.47. The minimum Gasteiger partial charge on any atom is -0.381 e. The van der Waals surface area contributed by atoms with Crippen molar-refractivity contribution in [1.82, 2.24) is 0 Å². The van der Waals surface area contributed by atoms with Gasteiger partial charge in [-0.3, -0.25) is 0 Å². The SMILES string of the molecule is Cl.N[C@@H](c1cc(Br)ccc1Br)C1CCOCC1. The summed E-state index contributed by atoms with van der Waals surface area (Å²) in [5.74, 6) is 0.527. The Morgan fingerprint density at radius 1 is 1.24 bits per heavy atom. The van der Waals surface area contributed by atoms with Gasteiger partial charge in [0.15, 0.2) is 0 Å². The molecule has 2 nitrogen and oxygen atoms in total. The Labute approximate surface area is 125 Å². The fourth-order valence-electron chi connectivity index (χ4n) is 2.10. The number of nitrogens with two attached hydrogens (primary N) is 1. The molecule has 2 rings (SSSR count). The molecule has 96 valence electrons. The van der Waals surface area contributed by atoms with Crippen molar-refractivity contribution in [1.29, 1.82) is 0 Å². The zero-order valence-electron chi connectivity index (χ0n) is 9.36. The summed E-state index contributed by atoms with van der Waals surface area (Å²) in [6.45, 7) is 1.67. The van der Waals surface area contributed by atoms with E-state index in [-0.39, 0.29) is 18.4 Å². The van der Waals surface area contributed by atoms with Crippen LogP contribution in [0.4, 0.5) is 0 Å². The molecule has 2 N–H and O–H groups in total. The molecule has 1 aliphatic heterocycles. The third-order valence-corrected chi connectivity index (χ3v) is 4.31. The van der Waals surface area contributed by atoms with Crippen molar-refractivity contribution in [2.24, 2.45) is 11.7 Å². The van der Waals surface area contributed by atoms with Gasteiger partial charge in [0.2, 0.25) is 0 Å². The Kier molecular flexibility index (Phi) is 6.45. The molecule has 0 saturated carbocycles. The molecule has 0 aromatic heterocycles. The minimum atomic E-state index is 0. The Bertz CT molecular complexity index is 370. The first kappa shape index (κ1) is 15.4. The Morgan fingerprint density at radius 2 is 1.88 bits per heavy atom. The van der Waals surface area contributed by atoms with E-state index in [9.17, 15) is 0 Å². The van der Waals surface area contributed by atoms with Crippen LogP contribution in [0.5, 0.6) is 0 Å². The summed E-state index contributed by atoms with van der Waals surface area (Å²) >= 11 is 7.05. The second-order valence-electron chi connectivity index (χ2n) is 4.14. The van der Waals surface area contributed by atoms with E-state index in [1.807, 2.05) is 12.1 Å². The van der Waals surface area contributed by atoms with Gasteiger partial charge >= 0.3 is 0 Å². The van der Waals surface area contributed by atoms with Crippen LogP contribution in [-0.4, -0.2) is 13.2 Å². The van der Waals surface area contributed by atoms with Gasteiger partial charge < -0.3 is 10.5 Å². The summed E-state index contributed by atoms with van der Waals surface area (Å²) in [6, 6.07) is 6.25. The van der Waals surface area contributed by atoms with Gasteiger partial charge in [-0.25, -0.2) is 0 Å². The minimum absolute atomic E-state index is 0. The van der Waals surface area contributed by atoms with E-state index >= 15 is 0 Å². The summed E-state index contributed by atoms with van der Waals surface area (Å²) in [5, 5.41) is 0. The normalized spacial score (nSPS) is 18.5. The van der Waals surface area contributed by atoms with Gasteiger partial charge in [0.25, 0.3) is 0 Å². The zero-order chi connectivity index (χ0) is 11.5. The van der Waals surface area contributed by atoms with Crippen molar-refractivity contribution in [2.75, 3.05) is 13.2 Å². The molecule has 5 heteroatoms. The fourth-order valence-corrected chi connectivity index (χ4v) is 2.99. The predicted octanol–water partition coefficient (Wildman–Crippen LogP) is 4.06. The molecule has 1 fully saturated rings. The predicted molar refractivity (Wildman–Crippen MR) is 79.6 cm³/mol. The van der Waals surface area contributed by atoms with Crippen LogP contribution in [0.1, 0.15) is 24.4 Å². The second kappa shape index (κ2) is 7.10. The summed E-state index contributed by atoms with van der Waals surface area (Å²) in [6.07, 6.45) is 2.11. The Balaban J connectivity index is 0.00000144. The van der Waals surface area contributed by atoms with E-state index in [1.54, 1.807) is 0 Å². The molecule has 1 saturated heterocycles. The number of hydrogen-bond donors (Lipinski definition) is 1. The van der Waals surface area contributed by atoms with Crippen LogP contribution in [0.25, 0.3) is 0 Å². The maximum atomic E-state index is 6.33. The molecule has 0 spiro atoms. The fraction of sp³-hybridized carbons (Fsp3) is 0.500. The van der Waals surface area contributed by atoms with E-state index < -0.39 is 0 Å². The maximum absolute atomic E-state index is 6.33. The van der Waals surface area contributed by atoms with E-state index in [2.05, 4.69) is 37.9 Å². The molecule has 0 bridgehead atoms. The van der Waals surface area contributed by atoms with Crippen LogP contribution >= 0.6 is 44.3 Å². The van der Waals surface area contributed by atoms with Gasteiger partial charge in [0.05, 0.1) is 0 Å². The molecule has 0 aliphatic carbocycles. The molecule has 1 aliphatic rings. The highest BCUT2D eigenvalue weighted by molar-refractivity contribution is 9.11.